The lowest BCUT2D eigenvalue weighted by Gasteiger charge is -2.02. The van der Waals surface area contributed by atoms with Crippen molar-refractivity contribution < 1.29 is 9.53 Å². The van der Waals surface area contributed by atoms with Gasteiger partial charge in [-0.1, -0.05) is 6.92 Å². The average Bonchev–Trinajstić information content (AvgIpc) is 2.12. The van der Waals surface area contributed by atoms with Gasteiger partial charge in [-0.25, -0.2) is 4.79 Å². The number of rotatable bonds is 3. The molecule has 4 heteroatoms. The second-order valence-corrected chi connectivity index (χ2v) is 3.05. The number of esters is 1. The van der Waals surface area contributed by atoms with Crippen molar-refractivity contribution in [3.8, 4) is 0 Å². The molecule has 0 aliphatic heterocycles. The zero-order chi connectivity index (χ0) is 10.6. The highest BCUT2D eigenvalue weighted by Gasteiger charge is 2.07. The van der Waals surface area contributed by atoms with E-state index in [1.165, 1.54) is 6.07 Å². The summed E-state index contributed by atoms with van der Waals surface area (Å²) in [5, 5.41) is 0. The van der Waals surface area contributed by atoms with Gasteiger partial charge >= 0.3 is 5.97 Å². The summed E-state index contributed by atoms with van der Waals surface area (Å²) in [4.78, 5) is 24.9. The van der Waals surface area contributed by atoms with Gasteiger partial charge in [-0.05, 0) is 19.4 Å². The van der Waals surface area contributed by atoms with Crippen LogP contribution in [-0.4, -0.2) is 17.6 Å². The molecule has 0 radical (unpaired) electrons. The third-order valence-electron chi connectivity index (χ3n) is 1.65. The van der Waals surface area contributed by atoms with Gasteiger partial charge in [0.1, 0.15) is 0 Å². The fourth-order valence-corrected chi connectivity index (χ4v) is 1.08. The van der Waals surface area contributed by atoms with Crippen LogP contribution < -0.4 is 5.56 Å². The lowest BCUT2D eigenvalue weighted by atomic mass is 10.2. The van der Waals surface area contributed by atoms with Gasteiger partial charge < -0.3 is 9.72 Å². The Hall–Kier alpha value is -1.58. The van der Waals surface area contributed by atoms with Crippen molar-refractivity contribution in [2.75, 3.05) is 6.61 Å². The minimum atomic E-state index is -0.443. The highest BCUT2D eigenvalue weighted by molar-refractivity contribution is 5.89. The van der Waals surface area contributed by atoms with E-state index in [1.807, 2.05) is 6.92 Å². The van der Waals surface area contributed by atoms with Crippen molar-refractivity contribution in [1.29, 1.82) is 0 Å². The highest BCUT2D eigenvalue weighted by atomic mass is 16.5. The zero-order valence-electron chi connectivity index (χ0n) is 8.29. The van der Waals surface area contributed by atoms with Crippen LogP contribution in [0.3, 0.4) is 0 Å². The van der Waals surface area contributed by atoms with E-state index in [1.54, 1.807) is 13.0 Å². The Balaban J connectivity index is 2.84. The molecule has 0 unspecified atom stereocenters. The first-order valence-corrected chi connectivity index (χ1v) is 4.51. The first-order valence-electron chi connectivity index (χ1n) is 4.51. The monoisotopic (exact) mass is 195 g/mol. The summed E-state index contributed by atoms with van der Waals surface area (Å²) in [5.74, 6) is -0.443. The summed E-state index contributed by atoms with van der Waals surface area (Å²) in [6.45, 7) is 4.01. The molecular weight excluding hydrogens is 182 g/mol. The van der Waals surface area contributed by atoms with E-state index < -0.39 is 5.97 Å². The van der Waals surface area contributed by atoms with Crippen LogP contribution in [0.2, 0.25) is 0 Å². The quantitative estimate of drug-likeness (QED) is 0.738. The second-order valence-electron chi connectivity index (χ2n) is 3.05. The number of hydrogen-bond acceptors (Lipinski definition) is 3. The van der Waals surface area contributed by atoms with Gasteiger partial charge in [0.15, 0.2) is 0 Å². The zero-order valence-corrected chi connectivity index (χ0v) is 8.29. The van der Waals surface area contributed by atoms with Crippen molar-refractivity contribution in [3.05, 3.63) is 33.7 Å². The maximum Gasteiger partial charge on any atom is 0.338 e. The average molecular weight is 195 g/mol. The van der Waals surface area contributed by atoms with Crippen molar-refractivity contribution >= 4 is 5.97 Å². The first-order chi connectivity index (χ1) is 6.63. The van der Waals surface area contributed by atoms with Crippen molar-refractivity contribution in [1.82, 2.24) is 4.98 Å². The van der Waals surface area contributed by atoms with Crippen LogP contribution in [0.25, 0.3) is 0 Å². The number of carbonyl (C=O) groups is 1. The highest BCUT2D eigenvalue weighted by Crippen LogP contribution is 2.00. The molecular formula is C10H13NO3. The van der Waals surface area contributed by atoms with Gasteiger partial charge in [0.2, 0.25) is 5.56 Å². The van der Waals surface area contributed by atoms with Gasteiger partial charge in [0.25, 0.3) is 0 Å². The predicted octanol–water partition coefficient (Wildman–Crippen LogP) is 1.25. The van der Waals surface area contributed by atoms with Crippen LogP contribution >= 0.6 is 0 Å². The SMILES string of the molecule is CCCOC(=O)c1cc(C)[nH]c(=O)c1. The molecule has 0 fully saturated rings. The molecule has 1 N–H and O–H groups in total. The molecule has 0 saturated carbocycles. The maximum atomic E-state index is 11.3. The molecule has 0 aromatic carbocycles. The first kappa shape index (κ1) is 10.5. The molecule has 14 heavy (non-hydrogen) atoms. The molecule has 1 rings (SSSR count). The summed E-state index contributed by atoms with van der Waals surface area (Å²) in [7, 11) is 0. The molecule has 0 saturated heterocycles. The Kier molecular flexibility index (Phi) is 3.45. The number of aryl methyl sites for hydroxylation is 1. The molecule has 0 atom stereocenters. The van der Waals surface area contributed by atoms with Crippen LogP contribution in [-0.2, 0) is 4.74 Å². The molecule has 1 aromatic rings. The molecule has 0 amide bonds. The third-order valence-corrected chi connectivity index (χ3v) is 1.65. The largest absolute Gasteiger partial charge is 0.462 e. The lowest BCUT2D eigenvalue weighted by Crippen LogP contribution is -2.13. The van der Waals surface area contributed by atoms with Crippen molar-refractivity contribution in [3.63, 3.8) is 0 Å². The van der Waals surface area contributed by atoms with Crippen LogP contribution in [0.1, 0.15) is 29.4 Å². The van der Waals surface area contributed by atoms with Crippen molar-refractivity contribution in [2.45, 2.75) is 20.3 Å². The molecule has 4 nitrogen and oxygen atoms in total. The molecule has 76 valence electrons. The standard InChI is InChI=1S/C10H13NO3/c1-3-4-14-10(13)8-5-7(2)11-9(12)6-8/h5-6H,3-4H2,1-2H3,(H,11,12). The van der Waals surface area contributed by atoms with Crippen LogP contribution in [0.4, 0.5) is 0 Å². The van der Waals surface area contributed by atoms with Gasteiger partial charge in [-0.3, -0.25) is 4.79 Å². The second kappa shape index (κ2) is 4.60. The van der Waals surface area contributed by atoms with E-state index in [9.17, 15) is 9.59 Å². The van der Waals surface area contributed by atoms with Crippen molar-refractivity contribution in [2.24, 2.45) is 0 Å². The molecule has 0 bridgehead atoms. The number of pyridine rings is 1. The van der Waals surface area contributed by atoms with Gasteiger partial charge in [0, 0.05) is 11.8 Å². The fourth-order valence-electron chi connectivity index (χ4n) is 1.08. The summed E-state index contributed by atoms with van der Waals surface area (Å²) >= 11 is 0. The number of ether oxygens (including phenoxy) is 1. The minimum absolute atomic E-state index is 0.284. The predicted molar refractivity (Wildman–Crippen MR) is 52.4 cm³/mol. The molecule has 0 aliphatic rings. The normalized spacial score (nSPS) is 9.86. The maximum absolute atomic E-state index is 11.3. The van der Waals surface area contributed by atoms with E-state index in [4.69, 9.17) is 4.74 Å². The Morgan fingerprint density at radius 1 is 1.50 bits per heavy atom. The topological polar surface area (TPSA) is 59.2 Å². The summed E-state index contributed by atoms with van der Waals surface area (Å²) in [6, 6.07) is 2.84. The fraction of sp³-hybridized carbons (Fsp3) is 0.400. The van der Waals surface area contributed by atoms with E-state index in [0.717, 1.165) is 6.42 Å². The number of H-pyrrole nitrogens is 1. The molecule has 1 aromatic heterocycles. The number of aromatic nitrogens is 1. The van der Waals surface area contributed by atoms with Gasteiger partial charge in [-0.15, -0.1) is 0 Å². The number of aromatic amines is 1. The Morgan fingerprint density at radius 3 is 2.79 bits per heavy atom. The Bertz CT molecular complexity index is 381. The number of carbonyl (C=O) groups excluding carboxylic acids is 1. The molecule has 0 aliphatic carbocycles. The van der Waals surface area contributed by atoms with E-state index in [0.29, 0.717) is 17.9 Å². The summed E-state index contributed by atoms with van der Waals surface area (Å²) in [5.41, 5.74) is 0.675. The van der Waals surface area contributed by atoms with Crippen LogP contribution in [0, 0.1) is 6.92 Å². The Morgan fingerprint density at radius 2 is 2.21 bits per heavy atom. The Labute approximate surface area is 81.9 Å². The smallest absolute Gasteiger partial charge is 0.338 e. The van der Waals surface area contributed by atoms with E-state index >= 15 is 0 Å². The molecule has 1 heterocycles. The summed E-state index contributed by atoms with van der Waals surface area (Å²) in [6.07, 6.45) is 0.772. The third kappa shape index (κ3) is 2.73. The van der Waals surface area contributed by atoms with E-state index in [-0.39, 0.29) is 5.56 Å². The number of nitrogens with one attached hydrogen (secondary N) is 1. The van der Waals surface area contributed by atoms with E-state index in [2.05, 4.69) is 4.98 Å². The van der Waals surface area contributed by atoms with Gasteiger partial charge in [0.05, 0.1) is 12.2 Å². The van der Waals surface area contributed by atoms with Gasteiger partial charge in [-0.2, -0.15) is 0 Å². The lowest BCUT2D eigenvalue weighted by molar-refractivity contribution is 0.0504. The van der Waals surface area contributed by atoms with Crippen LogP contribution in [0.5, 0.6) is 0 Å². The summed E-state index contributed by atoms with van der Waals surface area (Å²) < 4.78 is 4.90. The van der Waals surface area contributed by atoms with Crippen LogP contribution in [0.15, 0.2) is 16.9 Å². The number of hydrogen-bond donors (Lipinski definition) is 1. The molecule has 0 spiro atoms. The minimum Gasteiger partial charge on any atom is -0.462 e.